The maximum absolute atomic E-state index is 11.2. The highest BCUT2D eigenvalue weighted by Gasteiger charge is 2.50. The predicted molar refractivity (Wildman–Crippen MR) is 52.5 cm³/mol. The fourth-order valence-corrected chi connectivity index (χ4v) is 2.27. The molecule has 1 aromatic rings. The van der Waals surface area contributed by atoms with Gasteiger partial charge in [0.15, 0.2) is 0 Å². The summed E-state index contributed by atoms with van der Waals surface area (Å²) in [7, 11) is 0. The average Bonchev–Trinajstić information content (AvgIpc) is 2.79. The van der Waals surface area contributed by atoms with Gasteiger partial charge in [-0.05, 0) is 24.3 Å². The molecule has 0 amide bonds. The third-order valence-electron chi connectivity index (χ3n) is 3.03. The number of rotatable bonds is 2. The summed E-state index contributed by atoms with van der Waals surface area (Å²) in [5.74, 6) is 1.64. The molecule has 3 unspecified atom stereocenters. The van der Waals surface area contributed by atoms with E-state index in [0.29, 0.717) is 17.6 Å². The minimum atomic E-state index is 0.280. The molecule has 0 aliphatic heterocycles. The van der Waals surface area contributed by atoms with Gasteiger partial charge in [-0.2, -0.15) is 0 Å². The molecule has 68 valence electrons. The van der Waals surface area contributed by atoms with Crippen LogP contribution in [0.2, 0.25) is 0 Å². The summed E-state index contributed by atoms with van der Waals surface area (Å²) in [5.41, 5.74) is 1.32. The number of Topliss-reactive ketones (excluding diaryl/α,β-unsaturated/α-hetero) is 1. The smallest absolute Gasteiger partial charge is 0.133 e. The molecule has 0 saturated heterocycles. The maximum atomic E-state index is 11.2. The quantitative estimate of drug-likeness (QED) is 0.673. The molecule has 2 rings (SSSR count). The number of ketones is 1. The molecule has 13 heavy (non-hydrogen) atoms. The van der Waals surface area contributed by atoms with E-state index in [1.54, 1.807) is 6.92 Å². The standard InChI is InChI=1S/C12H14O/c1-8-11(9(2)13)12(8)10-6-4-3-5-7-10/h3-8,11-12H,1-2H3. The van der Waals surface area contributed by atoms with Crippen LogP contribution in [0.25, 0.3) is 0 Å². The second-order valence-corrected chi connectivity index (χ2v) is 3.93. The molecule has 1 fully saturated rings. The minimum Gasteiger partial charge on any atom is -0.300 e. The van der Waals surface area contributed by atoms with E-state index in [-0.39, 0.29) is 5.92 Å². The van der Waals surface area contributed by atoms with Crippen LogP contribution in [0.5, 0.6) is 0 Å². The van der Waals surface area contributed by atoms with Gasteiger partial charge in [-0.15, -0.1) is 0 Å². The Kier molecular flexibility index (Phi) is 1.95. The van der Waals surface area contributed by atoms with Gasteiger partial charge in [-0.1, -0.05) is 37.3 Å². The summed E-state index contributed by atoms with van der Waals surface area (Å²) in [6.07, 6.45) is 0. The van der Waals surface area contributed by atoms with Crippen molar-refractivity contribution in [3.05, 3.63) is 35.9 Å². The highest BCUT2D eigenvalue weighted by molar-refractivity contribution is 5.83. The van der Waals surface area contributed by atoms with E-state index < -0.39 is 0 Å². The first-order chi connectivity index (χ1) is 6.22. The van der Waals surface area contributed by atoms with Gasteiger partial charge >= 0.3 is 0 Å². The van der Waals surface area contributed by atoms with Crippen LogP contribution in [-0.4, -0.2) is 5.78 Å². The summed E-state index contributed by atoms with van der Waals surface area (Å²) in [6, 6.07) is 10.3. The van der Waals surface area contributed by atoms with Crippen LogP contribution in [-0.2, 0) is 4.79 Å². The second kappa shape index (κ2) is 2.99. The van der Waals surface area contributed by atoms with E-state index in [1.165, 1.54) is 5.56 Å². The molecule has 1 saturated carbocycles. The SMILES string of the molecule is CC(=O)C1C(C)C1c1ccccc1. The Morgan fingerprint density at radius 3 is 2.31 bits per heavy atom. The number of benzene rings is 1. The molecular weight excluding hydrogens is 160 g/mol. The van der Waals surface area contributed by atoms with Crippen LogP contribution in [0.3, 0.4) is 0 Å². The lowest BCUT2D eigenvalue weighted by molar-refractivity contribution is -0.118. The molecule has 1 aliphatic rings. The normalized spacial score (nSPS) is 31.4. The molecule has 1 nitrogen and oxygen atoms in total. The van der Waals surface area contributed by atoms with Crippen LogP contribution >= 0.6 is 0 Å². The fourth-order valence-electron chi connectivity index (χ4n) is 2.27. The zero-order valence-electron chi connectivity index (χ0n) is 8.03. The van der Waals surface area contributed by atoms with Crippen molar-refractivity contribution in [3.63, 3.8) is 0 Å². The van der Waals surface area contributed by atoms with E-state index in [9.17, 15) is 4.79 Å². The Balaban J connectivity index is 2.18. The molecule has 0 radical (unpaired) electrons. The van der Waals surface area contributed by atoms with Crippen molar-refractivity contribution in [2.45, 2.75) is 19.8 Å². The number of hydrogen-bond donors (Lipinski definition) is 0. The lowest BCUT2D eigenvalue weighted by atomic mass is 10.1. The van der Waals surface area contributed by atoms with Crippen LogP contribution in [0, 0.1) is 11.8 Å². The molecule has 1 aliphatic carbocycles. The van der Waals surface area contributed by atoms with Gasteiger partial charge in [0.1, 0.15) is 5.78 Å². The van der Waals surface area contributed by atoms with Crippen molar-refractivity contribution in [2.24, 2.45) is 11.8 Å². The van der Waals surface area contributed by atoms with E-state index in [4.69, 9.17) is 0 Å². The number of hydrogen-bond acceptors (Lipinski definition) is 1. The van der Waals surface area contributed by atoms with Crippen molar-refractivity contribution >= 4 is 5.78 Å². The molecule has 3 atom stereocenters. The summed E-state index contributed by atoms with van der Waals surface area (Å²) in [4.78, 5) is 11.2. The van der Waals surface area contributed by atoms with Crippen LogP contribution in [0.15, 0.2) is 30.3 Å². The van der Waals surface area contributed by atoms with Gasteiger partial charge in [0.2, 0.25) is 0 Å². The lowest BCUT2D eigenvalue weighted by Crippen LogP contribution is -1.95. The molecule has 0 N–H and O–H groups in total. The second-order valence-electron chi connectivity index (χ2n) is 3.93. The molecule has 1 heteroatoms. The number of carbonyl (C=O) groups excluding carboxylic acids is 1. The van der Waals surface area contributed by atoms with Gasteiger partial charge in [-0.3, -0.25) is 4.79 Å². The van der Waals surface area contributed by atoms with Gasteiger partial charge < -0.3 is 0 Å². The molecule has 0 spiro atoms. The Bertz CT molecular complexity index is 315. The van der Waals surface area contributed by atoms with Crippen molar-refractivity contribution < 1.29 is 4.79 Å². The largest absolute Gasteiger partial charge is 0.300 e. The van der Waals surface area contributed by atoms with E-state index >= 15 is 0 Å². The highest BCUT2D eigenvalue weighted by atomic mass is 16.1. The first kappa shape index (κ1) is 8.49. The first-order valence-corrected chi connectivity index (χ1v) is 4.77. The van der Waals surface area contributed by atoms with Crippen LogP contribution in [0.4, 0.5) is 0 Å². The van der Waals surface area contributed by atoms with E-state index in [0.717, 1.165) is 0 Å². The Labute approximate surface area is 78.8 Å². The Morgan fingerprint density at radius 1 is 1.23 bits per heavy atom. The van der Waals surface area contributed by atoms with Gasteiger partial charge in [0.25, 0.3) is 0 Å². The van der Waals surface area contributed by atoms with Crippen molar-refractivity contribution in [1.29, 1.82) is 0 Å². The average molecular weight is 174 g/mol. The topological polar surface area (TPSA) is 17.1 Å². The predicted octanol–water partition coefficient (Wildman–Crippen LogP) is 2.63. The third kappa shape index (κ3) is 1.39. The zero-order valence-corrected chi connectivity index (χ0v) is 8.03. The molecule has 0 aromatic heterocycles. The number of carbonyl (C=O) groups is 1. The third-order valence-corrected chi connectivity index (χ3v) is 3.03. The highest BCUT2D eigenvalue weighted by Crippen LogP contribution is 2.53. The first-order valence-electron chi connectivity index (χ1n) is 4.77. The van der Waals surface area contributed by atoms with Crippen molar-refractivity contribution in [1.82, 2.24) is 0 Å². The van der Waals surface area contributed by atoms with E-state index in [1.807, 2.05) is 18.2 Å². The lowest BCUT2D eigenvalue weighted by Gasteiger charge is -1.96. The molecular formula is C12H14O. The van der Waals surface area contributed by atoms with Crippen LogP contribution < -0.4 is 0 Å². The zero-order chi connectivity index (χ0) is 9.42. The Morgan fingerprint density at radius 2 is 1.85 bits per heavy atom. The minimum absolute atomic E-state index is 0.280. The summed E-state index contributed by atoms with van der Waals surface area (Å²) < 4.78 is 0. The molecule has 0 bridgehead atoms. The van der Waals surface area contributed by atoms with Crippen molar-refractivity contribution in [2.75, 3.05) is 0 Å². The van der Waals surface area contributed by atoms with Crippen LogP contribution in [0.1, 0.15) is 25.3 Å². The van der Waals surface area contributed by atoms with E-state index in [2.05, 4.69) is 19.1 Å². The van der Waals surface area contributed by atoms with Crippen molar-refractivity contribution in [3.8, 4) is 0 Å². The Hall–Kier alpha value is -1.11. The maximum Gasteiger partial charge on any atom is 0.133 e. The monoisotopic (exact) mass is 174 g/mol. The van der Waals surface area contributed by atoms with Gasteiger partial charge in [0, 0.05) is 5.92 Å². The van der Waals surface area contributed by atoms with Gasteiger partial charge in [0.05, 0.1) is 0 Å². The summed E-state index contributed by atoms with van der Waals surface area (Å²) in [5, 5.41) is 0. The summed E-state index contributed by atoms with van der Waals surface area (Å²) >= 11 is 0. The fraction of sp³-hybridized carbons (Fsp3) is 0.417. The molecule has 0 heterocycles. The summed E-state index contributed by atoms with van der Waals surface area (Å²) in [6.45, 7) is 3.86. The molecule has 1 aromatic carbocycles. The van der Waals surface area contributed by atoms with Gasteiger partial charge in [-0.25, -0.2) is 0 Å².